The number of amides is 2. The van der Waals surface area contributed by atoms with E-state index < -0.39 is 0 Å². The number of carbonyl (C=O) groups is 2. The van der Waals surface area contributed by atoms with Gasteiger partial charge < -0.3 is 0 Å². The van der Waals surface area contributed by atoms with Gasteiger partial charge in [-0.2, -0.15) is 0 Å². The molecule has 1 rings (SSSR count). The van der Waals surface area contributed by atoms with Crippen molar-refractivity contribution in [3.05, 3.63) is 0 Å². The van der Waals surface area contributed by atoms with Gasteiger partial charge in [-0.1, -0.05) is 40.5 Å². The van der Waals surface area contributed by atoms with Crippen molar-refractivity contribution in [3.63, 3.8) is 0 Å². The summed E-state index contributed by atoms with van der Waals surface area (Å²) in [6.45, 7) is 9.29. The van der Waals surface area contributed by atoms with E-state index in [4.69, 9.17) is 0 Å². The number of nitrogens with zero attached hydrogens (tertiary/aromatic N) is 1. The Kier molecular flexibility index (Phi) is 6.90. The number of imide groups is 1. The van der Waals surface area contributed by atoms with Gasteiger partial charge in [-0.25, -0.2) is 0 Å². The van der Waals surface area contributed by atoms with E-state index in [9.17, 15) is 9.59 Å². The van der Waals surface area contributed by atoms with E-state index in [0.717, 1.165) is 18.6 Å². The maximum Gasteiger partial charge on any atom is 0.242 e. The lowest BCUT2D eigenvalue weighted by molar-refractivity contribution is -0.138. The largest absolute Gasteiger partial charge is 0.282 e. The van der Waals surface area contributed by atoms with Crippen LogP contribution in [0.15, 0.2) is 0 Å². The number of thioether (sulfide) groups is 1. The first-order chi connectivity index (χ1) is 8.91. The maximum absolute atomic E-state index is 12.1. The van der Waals surface area contributed by atoms with Crippen LogP contribution < -0.4 is 0 Å². The zero-order valence-corrected chi connectivity index (χ0v) is 13.5. The number of likely N-dealkylation sites (tertiary alicyclic amines) is 1. The smallest absolute Gasteiger partial charge is 0.242 e. The van der Waals surface area contributed by atoms with E-state index in [1.807, 2.05) is 0 Å². The zero-order chi connectivity index (χ0) is 14.4. The van der Waals surface area contributed by atoms with Crippen LogP contribution in [0, 0.1) is 11.8 Å². The maximum atomic E-state index is 12.1. The summed E-state index contributed by atoms with van der Waals surface area (Å²) in [7, 11) is 0. The minimum absolute atomic E-state index is 0.0239. The molecule has 0 aromatic rings. The molecule has 3 nitrogen and oxygen atoms in total. The Morgan fingerprint density at radius 3 is 2.42 bits per heavy atom. The van der Waals surface area contributed by atoms with Gasteiger partial charge in [0.25, 0.3) is 0 Å². The first kappa shape index (κ1) is 16.5. The summed E-state index contributed by atoms with van der Waals surface area (Å²) in [6, 6.07) is 0. The molecular formula is C15H27NO2S. The lowest BCUT2D eigenvalue weighted by Crippen LogP contribution is -2.32. The second-order valence-corrected chi connectivity index (χ2v) is 7.43. The highest BCUT2D eigenvalue weighted by Gasteiger charge is 2.38. The van der Waals surface area contributed by atoms with Crippen LogP contribution in [-0.2, 0) is 9.59 Å². The molecule has 19 heavy (non-hydrogen) atoms. The highest BCUT2D eigenvalue weighted by atomic mass is 32.2. The Bertz CT molecular complexity index is 315. The molecule has 0 spiro atoms. The Labute approximate surface area is 121 Å². The van der Waals surface area contributed by atoms with Gasteiger partial charge in [-0.05, 0) is 24.0 Å². The van der Waals surface area contributed by atoms with Crippen LogP contribution in [0.4, 0.5) is 0 Å². The Morgan fingerprint density at radius 2 is 1.84 bits per heavy atom. The fourth-order valence-corrected chi connectivity index (χ4v) is 3.30. The van der Waals surface area contributed by atoms with Gasteiger partial charge in [0, 0.05) is 13.0 Å². The third-order valence-electron chi connectivity index (χ3n) is 3.25. The summed E-state index contributed by atoms with van der Waals surface area (Å²) in [5, 5.41) is -0.125. The van der Waals surface area contributed by atoms with Crippen LogP contribution >= 0.6 is 11.8 Å². The van der Waals surface area contributed by atoms with Crippen molar-refractivity contribution in [2.75, 3.05) is 12.3 Å². The van der Waals surface area contributed by atoms with Crippen molar-refractivity contribution < 1.29 is 9.59 Å². The standard InChI is InChI=1S/C15H27NO2S/c1-11(2)7-5-6-8-16-14(17)9-13(15(16)18)19-10-12(3)4/h11-13H,5-10H2,1-4H3. The minimum Gasteiger partial charge on any atom is -0.282 e. The molecule has 0 radical (unpaired) electrons. The van der Waals surface area contributed by atoms with E-state index in [2.05, 4.69) is 27.7 Å². The molecule has 0 saturated carbocycles. The van der Waals surface area contributed by atoms with Crippen LogP contribution in [0.5, 0.6) is 0 Å². The molecule has 110 valence electrons. The minimum atomic E-state index is -0.125. The molecule has 2 amide bonds. The number of hydrogen-bond donors (Lipinski definition) is 0. The van der Waals surface area contributed by atoms with Crippen LogP contribution in [0.2, 0.25) is 0 Å². The fraction of sp³-hybridized carbons (Fsp3) is 0.867. The first-order valence-corrected chi connectivity index (χ1v) is 8.42. The van der Waals surface area contributed by atoms with Gasteiger partial charge in [-0.15, -0.1) is 11.8 Å². The molecular weight excluding hydrogens is 258 g/mol. The van der Waals surface area contributed by atoms with E-state index in [1.54, 1.807) is 11.8 Å². The Morgan fingerprint density at radius 1 is 1.16 bits per heavy atom. The predicted molar refractivity (Wildman–Crippen MR) is 81.1 cm³/mol. The average Bonchev–Trinajstić information content (AvgIpc) is 2.58. The van der Waals surface area contributed by atoms with Gasteiger partial charge in [0.05, 0.1) is 5.25 Å². The molecule has 0 aromatic carbocycles. The zero-order valence-electron chi connectivity index (χ0n) is 12.6. The van der Waals surface area contributed by atoms with Crippen molar-refractivity contribution in [2.24, 2.45) is 11.8 Å². The van der Waals surface area contributed by atoms with Gasteiger partial charge in [0.2, 0.25) is 11.8 Å². The lowest BCUT2D eigenvalue weighted by atomic mass is 10.1. The lowest BCUT2D eigenvalue weighted by Gasteiger charge is -2.15. The third-order valence-corrected chi connectivity index (χ3v) is 4.88. The molecule has 1 fully saturated rings. The normalized spacial score (nSPS) is 20.1. The summed E-state index contributed by atoms with van der Waals surface area (Å²) in [5.74, 6) is 2.27. The summed E-state index contributed by atoms with van der Waals surface area (Å²) in [5.41, 5.74) is 0. The first-order valence-electron chi connectivity index (χ1n) is 7.37. The van der Waals surface area contributed by atoms with E-state index in [0.29, 0.717) is 24.8 Å². The number of hydrogen-bond acceptors (Lipinski definition) is 3. The van der Waals surface area contributed by atoms with Gasteiger partial charge in [0.15, 0.2) is 0 Å². The van der Waals surface area contributed by atoms with Gasteiger partial charge in [0.1, 0.15) is 0 Å². The molecule has 1 aliphatic heterocycles. The Hall–Kier alpha value is -0.510. The summed E-state index contributed by atoms with van der Waals surface area (Å²) >= 11 is 1.64. The van der Waals surface area contributed by atoms with E-state index in [1.165, 1.54) is 11.3 Å². The van der Waals surface area contributed by atoms with Gasteiger partial charge in [-0.3, -0.25) is 14.5 Å². The number of unbranched alkanes of at least 4 members (excludes halogenated alkanes) is 1. The van der Waals surface area contributed by atoms with Crippen LogP contribution in [0.25, 0.3) is 0 Å². The number of rotatable bonds is 8. The van der Waals surface area contributed by atoms with Crippen molar-refractivity contribution in [2.45, 2.75) is 58.6 Å². The van der Waals surface area contributed by atoms with E-state index in [-0.39, 0.29) is 17.1 Å². The highest BCUT2D eigenvalue weighted by molar-refractivity contribution is 8.00. The van der Waals surface area contributed by atoms with Crippen LogP contribution in [0.1, 0.15) is 53.4 Å². The Balaban J connectivity index is 2.34. The quantitative estimate of drug-likeness (QED) is 0.507. The SMILES string of the molecule is CC(C)CCCCN1C(=O)CC(SCC(C)C)C1=O. The topological polar surface area (TPSA) is 37.4 Å². The molecule has 1 unspecified atom stereocenters. The second-order valence-electron chi connectivity index (χ2n) is 6.19. The molecule has 1 aliphatic rings. The van der Waals surface area contributed by atoms with Crippen molar-refractivity contribution in [1.29, 1.82) is 0 Å². The molecule has 1 saturated heterocycles. The molecule has 0 aliphatic carbocycles. The summed E-state index contributed by atoms with van der Waals surface area (Å²) in [4.78, 5) is 25.5. The van der Waals surface area contributed by atoms with Crippen molar-refractivity contribution in [3.8, 4) is 0 Å². The van der Waals surface area contributed by atoms with Crippen molar-refractivity contribution >= 4 is 23.6 Å². The average molecular weight is 285 g/mol. The second kappa shape index (κ2) is 7.93. The molecule has 0 aromatic heterocycles. The fourth-order valence-electron chi connectivity index (χ4n) is 2.15. The molecule has 1 heterocycles. The molecule has 1 atom stereocenters. The van der Waals surface area contributed by atoms with Gasteiger partial charge >= 0.3 is 0 Å². The molecule has 4 heteroatoms. The van der Waals surface area contributed by atoms with E-state index >= 15 is 0 Å². The molecule has 0 N–H and O–H groups in total. The summed E-state index contributed by atoms with van der Waals surface area (Å²) < 4.78 is 0. The van der Waals surface area contributed by atoms with Crippen molar-refractivity contribution in [1.82, 2.24) is 4.90 Å². The predicted octanol–water partition coefficient (Wildman–Crippen LogP) is 3.33. The number of carbonyl (C=O) groups excluding carboxylic acids is 2. The summed E-state index contributed by atoms with van der Waals surface area (Å²) in [6.07, 6.45) is 3.61. The third kappa shape index (κ3) is 5.55. The van der Waals surface area contributed by atoms with Crippen LogP contribution in [0.3, 0.4) is 0 Å². The van der Waals surface area contributed by atoms with Crippen LogP contribution in [-0.4, -0.2) is 34.3 Å². The highest BCUT2D eigenvalue weighted by Crippen LogP contribution is 2.27. The molecule has 0 bridgehead atoms. The monoisotopic (exact) mass is 285 g/mol.